The second-order valence-electron chi connectivity index (χ2n) is 7.75. The maximum Gasteiger partial charge on any atom is 0.168 e. The van der Waals surface area contributed by atoms with Gasteiger partial charge >= 0.3 is 0 Å². The molecule has 2 heterocycles. The van der Waals surface area contributed by atoms with Crippen molar-refractivity contribution in [2.24, 2.45) is 0 Å². The summed E-state index contributed by atoms with van der Waals surface area (Å²) in [6, 6.07) is 0. The molecule has 2 spiro atoms. The molecular weight excluding hydrogens is 308 g/mol. The molecule has 0 radical (unpaired) electrons. The van der Waals surface area contributed by atoms with E-state index in [0.29, 0.717) is 0 Å². The monoisotopic (exact) mass is 340 g/mol. The molecule has 2 aliphatic heterocycles. The zero-order valence-corrected chi connectivity index (χ0v) is 14.7. The van der Waals surface area contributed by atoms with Gasteiger partial charge in [0.2, 0.25) is 0 Å². The molecule has 6 heteroatoms. The lowest BCUT2D eigenvalue weighted by Gasteiger charge is -2.22. The molecular formula is C18H32N2O4. The largest absolute Gasteiger partial charge is 0.347 e. The van der Waals surface area contributed by atoms with Crippen LogP contribution in [0.5, 0.6) is 0 Å². The third-order valence-electron chi connectivity index (χ3n) is 5.78. The molecule has 0 amide bonds. The first-order chi connectivity index (χ1) is 11.8. The van der Waals surface area contributed by atoms with Crippen molar-refractivity contribution in [1.29, 1.82) is 0 Å². The van der Waals surface area contributed by atoms with Gasteiger partial charge in [0.15, 0.2) is 11.6 Å². The summed E-state index contributed by atoms with van der Waals surface area (Å²) in [7, 11) is 0. The van der Waals surface area contributed by atoms with Crippen molar-refractivity contribution in [2.45, 2.75) is 75.1 Å². The first-order valence-corrected chi connectivity index (χ1v) is 9.83. The van der Waals surface area contributed by atoms with Gasteiger partial charge in [0, 0.05) is 51.9 Å². The van der Waals surface area contributed by atoms with Crippen LogP contribution in [0.15, 0.2) is 0 Å². The van der Waals surface area contributed by atoms with Gasteiger partial charge in [0.05, 0.1) is 25.4 Å². The Hall–Kier alpha value is -0.240. The first-order valence-electron chi connectivity index (χ1n) is 9.83. The highest BCUT2D eigenvalue weighted by Crippen LogP contribution is 2.39. The highest BCUT2D eigenvalue weighted by molar-refractivity contribution is 4.85. The molecule has 6 nitrogen and oxygen atoms in total. The van der Waals surface area contributed by atoms with Crippen molar-refractivity contribution >= 4 is 0 Å². The minimum atomic E-state index is -0.236. The van der Waals surface area contributed by atoms with Gasteiger partial charge in [-0.25, -0.2) is 0 Å². The van der Waals surface area contributed by atoms with E-state index in [4.69, 9.17) is 18.9 Å². The molecule has 4 fully saturated rings. The molecule has 138 valence electrons. The fourth-order valence-electron chi connectivity index (χ4n) is 4.49. The molecule has 0 bridgehead atoms. The van der Waals surface area contributed by atoms with Crippen molar-refractivity contribution < 1.29 is 18.9 Å². The lowest BCUT2D eigenvalue weighted by molar-refractivity contribution is -0.161. The Kier molecular flexibility index (Phi) is 5.41. The van der Waals surface area contributed by atoms with Crippen molar-refractivity contribution in [3.05, 3.63) is 0 Å². The highest BCUT2D eigenvalue weighted by Gasteiger charge is 2.44. The quantitative estimate of drug-likeness (QED) is 0.686. The Balaban J connectivity index is 1.04. The zero-order chi connectivity index (χ0) is 16.3. The number of nitrogens with one attached hydrogen (secondary N) is 2. The molecule has 2 aliphatic carbocycles. The molecule has 4 aliphatic rings. The van der Waals surface area contributed by atoms with Crippen LogP contribution in [0.1, 0.15) is 51.4 Å². The van der Waals surface area contributed by atoms with Crippen molar-refractivity contribution in [1.82, 2.24) is 10.6 Å². The topological polar surface area (TPSA) is 61.0 Å². The maximum absolute atomic E-state index is 6.11. The molecule has 24 heavy (non-hydrogen) atoms. The van der Waals surface area contributed by atoms with Gasteiger partial charge in [-0.2, -0.15) is 0 Å². The standard InChI is InChI=1S/C18H32N2O4/c1-2-6-17(5-1)21-13-15(23-17)11-19-9-10-20-12-16-14-22-18(24-16)7-3-4-8-18/h15-16,19-20H,1-14H2/t15-,16-/m1/s1. The van der Waals surface area contributed by atoms with Crippen LogP contribution >= 0.6 is 0 Å². The zero-order valence-electron chi connectivity index (χ0n) is 14.7. The van der Waals surface area contributed by atoms with Gasteiger partial charge in [-0.15, -0.1) is 0 Å². The Morgan fingerprint density at radius 2 is 1.08 bits per heavy atom. The van der Waals surface area contributed by atoms with Crippen LogP contribution in [0.4, 0.5) is 0 Å². The van der Waals surface area contributed by atoms with Crippen LogP contribution in [-0.4, -0.2) is 63.2 Å². The van der Waals surface area contributed by atoms with Crippen molar-refractivity contribution in [3.63, 3.8) is 0 Å². The summed E-state index contributed by atoms with van der Waals surface area (Å²) in [5, 5.41) is 6.94. The third kappa shape index (κ3) is 3.94. The molecule has 0 aromatic rings. The van der Waals surface area contributed by atoms with Gasteiger partial charge in [0.25, 0.3) is 0 Å². The summed E-state index contributed by atoms with van der Waals surface area (Å²) < 4.78 is 24.0. The van der Waals surface area contributed by atoms with Crippen LogP contribution in [0.2, 0.25) is 0 Å². The maximum atomic E-state index is 6.11. The van der Waals surface area contributed by atoms with Crippen LogP contribution in [0.25, 0.3) is 0 Å². The Labute approximate surface area is 144 Å². The number of rotatable bonds is 7. The van der Waals surface area contributed by atoms with Crippen LogP contribution in [0.3, 0.4) is 0 Å². The van der Waals surface area contributed by atoms with E-state index in [-0.39, 0.29) is 23.8 Å². The summed E-state index contributed by atoms with van der Waals surface area (Å²) in [5.74, 6) is -0.471. The predicted octanol–water partition coefficient (Wildman–Crippen LogP) is 1.54. The van der Waals surface area contributed by atoms with Gasteiger partial charge < -0.3 is 29.6 Å². The molecule has 0 aromatic carbocycles. The second kappa shape index (κ2) is 7.56. The van der Waals surface area contributed by atoms with E-state index in [9.17, 15) is 0 Å². The number of ether oxygens (including phenoxy) is 4. The van der Waals surface area contributed by atoms with E-state index in [1.165, 1.54) is 25.7 Å². The van der Waals surface area contributed by atoms with E-state index >= 15 is 0 Å². The van der Waals surface area contributed by atoms with Gasteiger partial charge in [-0.3, -0.25) is 0 Å². The molecule has 2 atom stereocenters. The van der Waals surface area contributed by atoms with Crippen molar-refractivity contribution in [3.8, 4) is 0 Å². The average molecular weight is 340 g/mol. The van der Waals surface area contributed by atoms with Gasteiger partial charge in [-0.05, 0) is 25.7 Å². The molecule has 2 saturated carbocycles. The fourth-order valence-corrected chi connectivity index (χ4v) is 4.49. The lowest BCUT2D eigenvalue weighted by atomic mass is 10.2. The smallest absolute Gasteiger partial charge is 0.168 e. The lowest BCUT2D eigenvalue weighted by Crippen LogP contribution is -2.38. The van der Waals surface area contributed by atoms with E-state index in [1.807, 2.05) is 0 Å². The number of hydrogen-bond donors (Lipinski definition) is 2. The van der Waals surface area contributed by atoms with E-state index in [2.05, 4.69) is 10.6 Å². The minimum Gasteiger partial charge on any atom is -0.347 e. The third-order valence-corrected chi connectivity index (χ3v) is 5.78. The summed E-state index contributed by atoms with van der Waals surface area (Å²) in [6.45, 7) is 5.08. The van der Waals surface area contributed by atoms with Crippen molar-refractivity contribution in [2.75, 3.05) is 39.4 Å². The van der Waals surface area contributed by atoms with Crippen LogP contribution < -0.4 is 10.6 Å². The van der Waals surface area contributed by atoms with E-state index in [1.54, 1.807) is 0 Å². The summed E-state index contributed by atoms with van der Waals surface area (Å²) >= 11 is 0. The molecule has 0 unspecified atom stereocenters. The van der Waals surface area contributed by atoms with Gasteiger partial charge in [0.1, 0.15) is 0 Å². The van der Waals surface area contributed by atoms with E-state index < -0.39 is 0 Å². The average Bonchev–Trinajstić information content (AvgIpc) is 3.37. The summed E-state index contributed by atoms with van der Waals surface area (Å²) in [4.78, 5) is 0. The molecule has 2 N–H and O–H groups in total. The summed E-state index contributed by atoms with van der Waals surface area (Å²) in [5.41, 5.74) is 0. The van der Waals surface area contributed by atoms with Crippen LogP contribution in [0, 0.1) is 0 Å². The van der Waals surface area contributed by atoms with E-state index in [0.717, 1.165) is 65.1 Å². The number of hydrogen-bond acceptors (Lipinski definition) is 6. The molecule has 4 rings (SSSR count). The Bertz CT molecular complexity index is 370. The predicted molar refractivity (Wildman–Crippen MR) is 89.8 cm³/mol. The normalized spacial score (nSPS) is 34.0. The second-order valence-corrected chi connectivity index (χ2v) is 7.75. The molecule has 0 aromatic heterocycles. The fraction of sp³-hybridized carbons (Fsp3) is 1.00. The first kappa shape index (κ1) is 17.2. The molecule has 2 saturated heterocycles. The van der Waals surface area contributed by atoms with Gasteiger partial charge in [-0.1, -0.05) is 0 Å². The SMILES string of the molecule is C1CCC2(C1)OC[C@@H](CNCCNC[C@@H]1COC3(CCCC3)O1)O2. The Morgan fingerprint density at radius 3 is 1.50 bits per heavy atom. The minimum absolute atomic E-state index is 0.205. The summed E-state index contributed by atoms with van der Waals surface area (Å²) in [6.07, 6.45) is 9.61. The van der Waals surface area contributed by atoms with Crippen LogP contribution in [-0.2, 0) is 18.9 Å². The Morgan fingerprint density at radius 1 is 0.667 bits per heavy atom. The highest BCUT2D eigenvalue weighted by atomic mass is 16.7.